The van der Waals surface area contributed by atoms with Crippen molar-refractivity contribution >= 4 is 38.5 Å². The zero-order valence-electron chi connectivity index (χ0n) is 20.9. The second kappa shape index (κ2) is 11.7. The zero-order chi connectivity index (χ0) is 27.3. The normalized spacial score (nSPS) is 12.1. The Morgan fingerprint density at radius 3 is 2.58 bits per heavy atom. The van der Waals surface area contributed by atoms with E-state index in [1.807, 2.05) is 42.0 Å². The predicted octanol–water partition coefficient (Wildman–Crippen LogP) is 5.03. The molecule has 0 fully saturated rings. The topological polar surface area (TPSA) is 97.6 Å². The van der Waals surface area contributed by atoms with Crippen molar-refractivity contribution in [3.05, 3.63) is 94.6 Å². The van der Waals surface area contributed by atoms with Crippen molar-refractivity contribution in [3.8, 4) is 17.6 Å². The number of carboxylic acid groups (broad SMARTS) is 1. The average molecular weight is 551 g/mol. The summed E-state index contributed by atoms with van der Waals surface area (Å²) in [5, 5.41) is 11.2. The van der Waals surface area contributed by atoms with E-state index >= 15 is 0 Å². The summed E-state index contributed by atoms with van der Waals surface area (Å²) in [6.07, 6.45) is 1.79. The summed E-state index contributed by atoms with van der Waals surface area (Å²) in [5.41, 5.74) is 3.78. The van der Waals surface area contributed by atoms with Gasteiger partial charge in [0, 0.05) is 35.1 Å². The molecule has 0 bridgehead atoms. The van der Waals surface area contributed by atoms with E-state index in [2.05, 4.69) is 22.6 Å². The van der Waals surface area contributed by atoms with E-state index in [-0.39, 0.29) is 17.9 Å². The molecule has 9 heteroatoms. The van der Waals surface area contributed by atoms with Crippen molar-refractivity contribution in [2.75, 3.05) is 6.61 Å². The number of aryl methyl sites for hydroxylation is 1. The Bertz CT molecular complexity index is 1630. The van der Waals surface area contributed by atoms with E-state index in [0.29, 0.717) is 22.9 Å². The molecule has 1 aromatic heterocycles. The molecule has 0 saturated heterocycles. The minimum atomic E-state index is -4.12. The number of nitrogens with one attached hydrogen (secondary N) is 1. The van der Waals surface area contributed by atoms with Crippen LogP contribution in [0.15, 0.2) is 77.8 Å². The van der Waals surface area contributed by atoms with Gasteiger partial charge in [0.05, 0.1) is 4.90 Å². The van der Waals surface area contributed by atoms with Gasteiger partial charge in [-0.2, -0.15) is 4.72 Å². The van der Waals surface area contributed by atoms with E-state index < -0.39 is 22.0 Å². The number of carbonyl (C=O) groups is 1. The number of nitrogens with zero attached hydrogens (tertiary/aromatic N) is 1. The molecule has 0 aliphatic heterocycles. The molecule has 1 atom stereocenters. The summed E-state index contributed by atoms with van der Waals surface area (Å²) in [6.45, 7) is 4.47. The van der Waals surface area contributed by atoms with Crippen LogP contribution in [0, 0.1) is 18.8 Å². The lowest BCUT2D eigenvalue weighted by atomic mass is 10.1. The number of carboxylic acids is 1. The Morgan fingerprint density at radius 2 is 1.89 bits per heavy atom. The van der Waals surface area contributed by atoms with Gasteiger partial charge in [0.15, 0.2) is 0 Å². The van der Waals surface area contributed by atoms with Gasteiger partial charge in [0.1, 0.15) is 18.4 Å². The van der Waals surface area contributed by atoms with E-state index in [9.17, 15) is 18.3 Å². The quantitative estimate of drug-likeness (QED) is 0.270. The van der Waals surface area contributed by atoms with Crippen molar-refractivity contribution in [1.29, 1.82) is 0 Å². The van der Waals surface area contributed by atoms with Crippen molar-refractivity contribution in [1.82, 2.24) is 9.29 Å². The minimum absolute atomic E-state index is 0.0664. The van der Waals surface area contributed by atoms with Gasteiger partial charge < -0.3 is 14.4 Å². The van der Waals surface area contributed by atoms with Gasteiger partial charge in [-0.3, -0.25) is 4.79 Å². The van der Waals surface area contributed by atoms with Gasteiger partial charge in [-0.25, -0.2) is 8.42 Å². The van der Waals surface area contributed by atoms with Crippen molar-refractivity contribution in [2.45, 2.75) is 37.8 Å². The molecule has 7 nitrogen and oxygen atoms in total. The number of halogens is 1. The molecule has 2 N–H and O–H groups in total. The monoisotopic (exact) mass is 550 g/mol. The minimum Gasteiger partial charge on any atom is -0.481 e. The number of aromatic nitrogens is 1. The van der Waals surface area contributed by atoms with Crippen LogP contribution >= 0.6 is 11.6 Å². The number of hydrogen-bond donors (Lipinski definition) is 2. The fraction of sp³-hybridized carbons (Fsp3) is 0.207. The second-order valence-electron chi connectivity index (χ2n) is 8.84. The summed E-state index contributed by atoms with van der Waals surface area (Å²) in [4.78, 5) is 12.1. The molecular formula is C29H27ClN2O5S. The Morgan fingerprint density at radius 1 is 1.13 bits per heavy atom. The molecule has 3 aromatic carbocycles. The SMILES string of the molecule is CC#CCOc1ccc(S(=O)(=O)N[C@@H](Cc2cn(Cc3cccc(C)c3)c3ccc(Cl)cc23)C(=O)O)cc1. The summed E-state index contributed by atoms with van der Waals surface area (Å²) < 4.78 is 35.9. The third-order valence-corrected chi connectivity index (χ3v) is 7.73. The molecule has 0 aliphatic rings. The summed E-state index contributed by atoms with van der Waals surface area (Å²) in [5.74, 6) is 4.64. The largest absolute Gasteiger partial charge is 0.481 e. The lowest BCUT2D eigenvalue weighted by Crippen LogP contribution is -2.42. The van der Waals surface area contributed by atoms with Gasteiger partial charge >= 0.3 is 5.97 Å². The first-order valence-corrected chi connectivity index (χ1v) is 13.7. The lowest BCUT2D eigenvalue weighted by molar-refractivity contribution is -0.138. The lowest BCUT2D eigenvalue weighted by Gasteiger charge is -2.15. The number of sulfonamides is 1. The molecule has 0 unspecified atom stereocenters. The smallest absolute Gasteiger partial charge is 0.322 e. The summed E-state index contributed by atoms with van der Waals surface area (Å²) >= 11 is 6.26. The van der Waals surface area contributed by atoms with Gasteiger partial charge in [-0.15, -0.1) is 5.92 Å². The predicted molar refractivity (Wildman–Crippen MR) is 148 cm³/mol. The van der Waals surface area contributed by atoms with Gasteiger partial charge in [0.2, 0.25) is 10.0 Å². The molecule has 196 valence electrons. The van der Waals surface area contributed by atoms with Crippen LogP contribution in [0.1, 0.15) is 23.6 Å². The van der Waals surface area contributed by atoms with Crippen molar-refractivity contribution in [3.63, 3.8) is 0 Å². The first kappa shape index (κ1) is 27.3. The number of aliphatic carboxylic acids is 1. The highest BCUT2D eigenvalue weighted by atomic mass is 35.5. The van der Waals surface area contributed by atoms with Gasteiger partial charge in [-0.05, 0) is 67.4 Å². The van der Waals surface area contributed by atoms with Gasteiger partial charge in [-0.1, -0.05) is 47.4 Å². The number of hydrogen-bond acceptors (Lipinski definition) is 4. The Balaban J connectivity index is 1.60. The van der Waals surface area contributed by atoms with Gasteiger partial charge in [0.25, 0.3) is 0 Å². The highest BCUT2D eigenvalue weighted by Gasteiger charge is 2.27. The molecule has 4 rings (SSSR count). The third-order valence-electron chi connectivity index (χ3n) is 6.00. The number of fused-ring (bicyclic) bond motifs is 1. The highest BCUT2D eigenvalue weighted by molar-refractivity contribution is 7.89. The van der Waals surface area contributed by atoms with Crippen LogP contribution in [0.3, 0.4) is 0 Å². The summed E-state index contributed by atoms with van der Waals surface area (Å²) in [6, 6.07) is 17.9. The molecule has 1 heterocycles. The Hall–Kier alpha value is -3.77. The van der Waals surface area contributed by atoms with Crippen LogP contribution < -0.4 is 9.46 Å². The van der Waals surface area contributed by atoms with E-state index in [4.69, 9.17) is 16.3 Å². The fourth-order valence-corrected chi connectivity index (χ4v) is 5.57. The standard InChI is InChI=1S/C29H27ClN2O5S/c1-3-4-14-37-24-9-11-25(12-10-24)38(35,36)31-27(29(33)34)16-22-19-32(18-21-7-5-6-20(2)15-21)28-13-8-23(30)17-26(22)28/h5-13,15,17,19,27,31H,14,16,18H2,1-2H3,(H,33,34)/t27-/m0/s1. The van der Waals surface area contributed by atoms with Crippen LogP contribution in [-0.4, -0.2) is 36.7 Å². The summed E-state index contributed by atoms with van der Waals surface area (Å²) in [7, 11) is -4.12. The van der Waals surface area contributed by atoms with Crippen LogP contribution in [0.25, 0.3) is 10.9 Å². The number of ether oxygens (including phenoxy) is 1. The van der Waals surface area contributed by atoms with Crippen LogP contribution in [0.4, 0.5) is 0 Å². The molecular weight excluding hydrogens is 524 g/mol. The average Bonchev–Trinajstić information content (AvgIpc) is 3.19. The molecule has 4 aromatic rings. The zero-order valence-corrected chi connectivity index (χ0v) is 22.5. The van der Waals surface area contributed by atoms with Crippen LogP contribution in [0.5, 0.6) is 5.75 Å². The fourth-order valence-electron chi connectivity index (χ4n) is 4.21. The van der Waals surface area contributed by atoms with Crippen molar-refractivity contribution in [2.24, 2.45) is 0 Å². The second-order valence-corrected chi connectivity index (χ2v) is 11.0. The molecule has 0 amide bonds. The number of benzene rings is 3. The maximum absolute atomic E-state index is 13.0. The number of rotatable bonds is 10. The van der Waals surface area contributed by atoms with Crippen LogP contribution in [-0.2, 0) is 27.8 Å². The van der Waals surface area contributed by atoms with Crippen molar-refractivity contribution < 1.29 is 23.1 Å². The first-order valence-electron chi connectivity index (χ1n) is 11.9. The maximum Gasteiger partial charge on any atom is 0.322 e. The molecule has 38 heavy (non-hydrogen) atoms. The highest BCUT2D eigenvalue weighted by Crippen LogP contribution is 2.27. The Kier molecular flexibility index (Phi) is 8.42. The molecule has 0 radical (unpaired) electrons. The third kappa shape index (κ3) is 6.56. The first-order chi connectivity index (χ1) is 18.2. The molecule has 0 saturated carbocycles. The van der Waals surface area contributed by atoms with E-state index in [0.717, 1.165) is 22.0 Å². The molecule has 0 spiro atoms. The van der Waals surface area contributed by atoms with E-state index in [1.165, 1.54) is 24.3 Å². The van der Waals surface area contributed by atoms with Crippen LogP contribution in [0.2, 0.25) is 5.02 Å². The molecule has 0 aliphatic carbocycles. The maximum atomic E-state index is 13.0. The van der Waals surface area contributed by atoms with E-state index in [1.54, 1.807) is 19.1 Å². The Labute approximate surface area is 227 Å².